The van der Waals surface area contributed by atoms with E-state index in [0.717, 1.165) is 22.0 Å². The van der Waals surface area contributed by atoms with Gasteiger partial charge < -0.3 is 14.8 Å². The summed E-state index contributed by atoms with van der Waals surface area (Å²) in [5, 5.41) is 1.15. The molecule has 4 rings (SSSR count). The third kappa shape index (κ3) is 6.15. The summed E-state index contributed by atoms with van der Waals surface area (Å²) >= 11 is 0. The number of H-pyrrole nitrogens is 1. The average molecular weight is 472 g/mol. The second-order valence-electron chi connectivity index (χ2n) is 8.64. The normalized spacial score (nSPS) is 10.9. The van der Waals surface area contributed by atoms with Gasteiger partial charge >= 0.3 is 0 Å². The Hall–Kier alpha value is -3.93. The summed E-state index contributed by atoms with van der Waals surface area (Å²) in [6.07, 6.45) is 3.41. The number of hydrogen-bond acceptors (Lipinski definition) is 2. The summed E-state index contributed by atoms with van der Waals surface area (Å²) in [6.45, 7) is 3.38. The average Bonchev–Trinajstić information content (AvgIpc) is 3.30. The highest BCUT2D eigenvalue weighted by atomic mass is 19.1. The van der Waals surface area contributed by atoms with Gasteiger partial charge in [0.25, 0.3) is 5.91 Å². The number of rotatable bonds is 10. The summed E-state index contributed by atoms with van der Waals surface area (Å²) in [4.78, 5) is 33.3. The largest absolute Gasteiger partial charge is 0.361 e. The summed E-state index contributed by atoms with van der Waals surface area (Å²) < 4.78 is 13.3. The van der Waals surface area contributed by atoms with Crippen molar-refractivity contribution in [1.82, 2.24) is 14.8 Å². The number of amides is 2. The number of aromatic amines is 1. The van der Waals surface area contributed by atoms with Crippen LogP contribution in [0.2, 0.25) is 0 Å². The third-order valence-electron chi connectivity index (χ3n) is 6.09. The van der Waals surface area contributed by atoms with E-state index in [9.17, 15) is 14.0 Å². The first-order valence-corrected chi connectivity index (χ1v) is 12.0. The molecule has 0 saturated heterocycles. The lowest BCUT2D eigenvalue weighted by atomic mass is 10.1. The van der Waals surface area contributed by atoms with E-state index >= 15 is 0 Å². The minimum absolute atomic E-state index is 0.0230. The minimum atomic E-state index is -0.397. The fraction of sp³-hybridized carbons (Fsp3) is 0.241. The van der Waals surface area contributed by atoms with Gasteiger partial charge in [0.15, 0.2) is 0 Å². The van der Waals surface area contributed by atoms with E-state index in [1.54, 1.807) is 4.90 Å². The summed E-state index contributed by atoms with van der Waals surface area (Å²) in [7, 11) is 0. The fourth-order valence-electron chi connectivity index (χ4n) is 4.25. The molecular formula is C29H30FN3O2. The molecule has 6 heteroatoms. The van der Waals surface area contributed by atoms with Crippen molar-refractivity contribution in [2.75, 3.05) is 19.6 Å². The van der Waals surface area contributed by atoms with Gasteiger partial charge in [0.1, 0.15) is 12.4 Å². The molecule has 0 fully saturated rings. The number of nitrogens with one attached hydrogen (secondary N) is 1. The molecule has 0 aliphatic rings. The summed E-state index contributed by atoms with van der Waals surface area (Å²) in [6, 6.07) is 23.4. The Bertz CT molecular complexity index is 1270. The van der Waals surface area contributed by atoms with Gasteiger partial charge in [0, 0.05) is 42.3 Å². The first-order valence-electron chi connectivity index (χ1n) is 12.0. The zero-order chi connectivity index (χ0) is 24.6. The molecular weight excluding hydrogens is 441 g/mol. The van der Waals surface area contributed by atoms with Crippen molar-refractivity contribution in [1.29, 1.82) is 0 Å². The highest BCUT2D eigenvalue weighted by Gasteiger charge is 2.22. The van der Waals surface area contributed by atoms with Crippen LogP contribution in [0.25, 0.3) is 10.9 Å². The van der Waals surface area contributed by atoms with Crippen LogP contribution in [0.3, 0.4) is 0 Å². The minimum Gasteiger partial charge on any atom is -0.361 e. The van der Waals surface area contributed by atoms with Crippen molar-refractivity contribution in [2.45, 2.75) is 26.3 Å². The Kier molecular flexibility index (Phi) is 7.93. The highest BCUT2D eigenvalue weighted by molar-refractivity contribution is 5.96. The predicted octanol–water partition coefficient (Wildman–Crippen LogP) is 5.43. The SMILES string of the molecule is CCCN(CC(=O)N(CCc1c[nH]c2ccccc12)Cc1ccccc1)C(=O)c1ccc(F)cc1. The zero-order valence-electron chi connectivity index (χ0n) is 19.9. The second kappa shape index (κ2) is 11.5. The fourth-order valence-corrected chi connectivity index (χ4v) is 4.25. The van der Waals surface area contributed by atoms with Gasteiger partial charge in [-0.15, -0.1) is 0 Å². The molecule has 0 unspecified atom stereocenters. The van der Waals surface area contributed by atoms with Gasteiger partial charge in [-0.2, -0.15) is 0 Å². The second-order valence-corrected chi connectivity index (χ2v) is 8.64. The zero-order valence-corrected chi connectivity index (χ0v) is 19.9. The molecule has 2 amide bonds. The number of carbonyl (C=O) groups is 2. The Morgan fingerprint density at radius 1 is 0.857 bits per heavy atom. The van der Waals surface area contributed by atoms with Gasteiger partial charge in [-0.05, 0) is 54.3 Å². The maximum absolute atomic E-state index is 13.5. The molecule has 0 spiro atoms. The third-order valence-corrected chi connectivity index (χ3v) is 6.09. The van der Waals surface area contributed by atoms with E-state index in [0.29, 0.717) is 38.0 Å². The van der Waals surface area contributed by atoms with E-state index in [1.165, 1.54) is 24.3 Å². The molecule has 1 aromatic heterocycles. The van der Waals surface area contributed by atoms with Crippen molar-refractivity contribution in [3.05, 3.63) is 108 Å². The van der Waals surface area contributed by atoms with Crippen LogP contribution in [0.15, 0.2) is 85.1 Å². The number of nitrogens with zero attached hydrogens (tertiary/aromatic N) is 2. The van der Waals surface area contributed by atoms with Crippen molar-refractivity contribution >= 4 is 22.7 Å². The number of carbonyl (C=O) groups excluding carboxylic acids is 2. The molecule has 0 aliphatic heterocycles. The van der Waals surface area contributed by atoms with Gasteiger partial charge in [-0.3, -0.25) is 9.59 Å². The maximum Gasteiger partial charge on any atom is 0.254 e. The van der Waals surface area contributed by atoms with E-state index in [2.05, 4.69) is 11.1 Å². The topological polar surface area (TPSA) is 56.4 Å². The maximum atomic E-state index is 13.5. The quantitative estimate of drug-likeness (QED) is 0.335. The smallest absolute Gasteiger partial charge is 0.254 e. The lowest BCUT2D eigenvalue weighted by Crippen LogP contribution is -2.43. The number of benzene rings is 3. The number of halogens is 1. The molecule has 1 N–H and O–H groups in total. The van der Waals surface area contributed by atoms with Crippen LogP contribution in [0, 0.1) is 5.82 Å². The van der Waals surface area contributed by atoms with Crippen LogP contribution >= 0.6 is 0 Å². The molecule has 0 bridgehead atoms. The molecule has 35 heavy (non-hydrogen) atoms. The number of hydrogen-bond donors (Lipinski definition) is 1. The Morgan fingerprint density at radius 3 is 2.31 bits per heavy atom. The number of para-hydroxylation sites is 1. The van der Waals surface area contributed by atoms with Gasteiger partial charge in [-0.25, -0.2) is 4.39 Å². The van der Waals surface area contributed by atoms with E-state index in [1.807, 2.05) is 66.6 Å². The van der Waals surface area contributed by atoms with Crippen molar-refractivity contribution in [3.63, 3.8) is 0 Å². The number of aromatic nitrogens is 1. The van der Waals surface area contributed by atoms with Crippen molar-refractivity contribution < 1.29 is 14.0 Å². The van der Waals surface area contributed by atoms with Gasteiger partial charge in [0.2, 0.25) is 5.91 Å². The van der Waals surface area contributed by atoms with Crippen LogP contribution in [-0.4, -0.2) is 46.2 Å². The van der Waals surface area contributed by atoms with E-state index < -0.39 is 5.82 Å². The van der Waals surface area contributed by atoms with E-state index in [-0.39, 0.29) is 18.4 Å². The van der Waals surface area contributed by atoms with Crippen molar-refractivity contribution in [3.8, 4) is 0 Å². The molecule has 4 aromatic rings. The molecule has 5 nitrogen and oxygen atoms in total. The Balaban J connectivity index is 1.52. The van der Waals surface area contributed by atoms with Crippen molar-refractivity contribution in [2.24, 2.45) is 0 Å². The molecule has 3 aromatic carbocycles. The number of fused-ring (bicyclic) bond motifs is 1. The van der Waals surface area contributed by atoms with Gasteiger partial charge in [-0.1, -0.05) is 55.5 Å². The highest BCUT2D eigenvalue weighted by Crippen LogP contribution is 2.19. The first kappa shape index (κ1) is 24.2. The predicted molar refractivity (Wildman–Crippen MR) is 136 cm³/mol. The Labute approximate surface area is 205 Å². The van der Waals surface area contributed by atoms with Crippen LogP contribution in [0.5, 0.6) is 0 Å². The molecule has 0 atom stereocenters. The molecule has 0 radical (unpaired) electrons. The molecule has 180 valence electrons. The molecule has 1 heterocycles. The van der Waals surface area contributed by atoms with Gasteiger partial charge in [0.05, 0.1) is 0 Å². The lowest BCUT2D eigenvalue weighted by molar-refractivity contribution is -0.132. The first-order chi connectivity index (χ1) is 17.0. The Morgan fingerprint density at radius 2 is 1.57 bits per heavy atom. The van der Waals surface area contributed by atoms with E-state index in [4.69, 9.17) is 0 Å². The van der Waals surface area contributed by atoms with Crippen LogP contribution < -0.4 is 0 Å². The molecule has 0 saturated carbocycles. The lowest BCUT2D eigenvalue weighted by Gasteiger charge is -2.28. The summed E-state index contributed by atoms with van der Waals surface area (Å²) in [5.74, 6) is -0.778. The van der Waals surface area contributed by atoms with Crippen LogP contribution in [-0.2, 0) is 17.8 Å². The van der Waals surface area contributed by atoms with Crippen LogP contribution in [0.4, 0.5) is 4.39 Å². The van der Waals surface area contributed by atoms with Crippen LogP contribution in [0.1, 0.15) is 34.8 Å². The standard InChI is InChI=1S/C29H30FN3O2/c1-2-17-33(29(35)23-12-14-25(30)15-13-23)21-28(34)32(20-22-8-4-3-5-9-22)18-16-24-19-31-27-11-7-6-10-26(24)27/h3-15,19,31H,2,16-18,20-21H2,1H3. The summed E-state index contributed by atoms with van der Waals surface area (Å²) in [5.41, 5.74) is 3.63. The monoisotopic (exact) mass is 471 g/mol. The molecule has 0 aliphatic carbocycles.